The Bertz CT molecular complexity index is 1270. The number of rotatable bonds is 11. The van der Waals surface area contributed by atoms with Gasteiger partial charge < -0.3 is 19.7 Å². The van der Waals surface area contributed by atoms with Crippen molar-refractivity contribution >= 4 is 11.7 Å². The number of pyridine rings is 2. The third kappa shape index (κ3) is 6.60. The molecule has 0 aromatic carbocycles. The molecule has 0 aliphatic carbocycles. The molecule has 0 aliphatic rings. The van der Waals surface area contributed by atoms with Gasteiger partial charge in [-0.1, -0.05) is 12.1 Å². The van der Waals surface area contributed by atoms with Gasteiger partial charge in [-0.3, -0.25) is 14.3 Å². The summed E-state index contributed by atoms with van der Waals surface area (Å²) in [4.78, 5) is 36.2. The number of aryl methyl sites for hydroxylation is 1. The van der Waals surface area contributed by atoms with E-state index in [0.29, 0.717) is 36.2 Å². The maximum absolute atomic E-state index is 12.5. The number of hydrogen-bond acceptors (Lipinski definition) is 9. The van der Waals surface area contributed by atoms with E-state index in [-0.39, 0.29) is 12.5 Å². The summed E-state index contributed by atoms with van der Waals surface area (Å²) < 4.78 is 13.0. The molecule has 1 atom stereocenters. The monoisotopic (exact) mass is 488 g/mol. The topological polar surface area (TPSA) is 120 Å². The maximum Gasteiger partial charge on any atom is 0.245 e. The molecule has 0 fully saturated rings. The van der Waals surface area contributed by atoms with Gasteiger partial charge in [-0.05, 0) is 25.1 Å². The van der Waals surface area contributed by atoms with Crippen molar-refractivity contribution in [3.8, 4) is 11.8 Å². The Morgan fingerprint density at radius 1 is 1.14 bits per heavy atom. The molecule has 0 saturated heterocycles. The molecule has 0 radical (unpaired) electrons. The predicted molar refractivity (Wildman–Crippen MR) is 132 cm³/mol. The molecule has 4 heterocycles. The summed E-state index contributed by atoms with van der Waals surface area (Å²) in [6, 6.07) is 12.8. The van der Waals surface area contributed by atoms with E-state index in [1.165, 1.54) is 0 Å². The van der Waals surface area contributed by atoms with Crippen LogP contribution in [-0.4, -0.2) is 56.1 Å². The number of aromatic nitrogens is 6. The Kier molecular flexibility index (Phi) is 8.14. The van der Waals surface area contributed by atoms with Crippen molar-refractivity contribution < 1.29 is 14.3 Å². The van der Waals surface area contributed by atoms with Crippen molar-refractivity contribution in [1.29, 1.82) is 0 Å². The lowest BCUT2D eigenvalue weighted by atomic mass is 10.3. The van der Waals surface area contributed by atoms with Crippen molar-refractivity contribution in [3.05, 3.63) is 84.5 Å². The van der Waals surface area contributed by atoms with E-state index >= 15 is 0 Å². The fraction of sp³-hybridized carbons (Fsp3) is 0.280. The molecule has 1 unspecified atom stereocenters. The van der Waals surface area contributed by atoms with Crippen molar-refractivity contribution in [3.63, 3.8) is 0 Å². The van der Waals surface area contributed by atoms with E-state index < -0.39 is 6.29 Å². The molecule has 1 N–H and O–H groups in total. The molecule has 0 aliphatic heterocycles. The number of imidazole rings is 1. The second-order valence-electron chi connectivity index (χ2n) is 7.99. The standard InChI is InChI=1S/C25H28N8O3/c1-18-15-21(31-25(29-18)33-14-12-26-17-33)32(2)13-10-22(34)28-16-19-7-6-9-23(30-19)36-24(35-3)20-8-4-5-11-27-20/h4-9,11-12,14-15,17,24H,10,13,16H2,1-3H3,(H,28,34). The van der Waals surface area contributed by atoms with Crippen molar-refractivity contribution in [1.82, 2.24) is 34.8 Å². The highest BCUT2D eigenvalue weighted by molar-refractivity contribution is 5.76. The Morgan fingerprint density at radius 2 is 2.03 bits per heavy atom. The summed E-state index contributed by atoms with van der Waals surface area (Å²) in [6.07, 6.45) is 6.39. The number of carbonyl (C=O) groups excluding carboxylic acids is 1. The second kappa shape index (κ2) is 11.8. The minimum atomic E-state index is -0.682. The fourth-order valence-electron chi connectivity index (χ4n) is 3.36. The molecular weight excluding hydrogens is 460 g/mol. The highest BCUT2D eigenvalue weighted by Gasteiger charge is 2.15. The van der Waals surface area contributed by atoms with Gasteiger partial charge in [-0.2, -0.15) is 4.98 Å². The number of ether oxygens (including phenoxy) is 2. The van der Waals surface area contributed by atoms with E-state index in [1.807, 2.05) is 55.3 Å². The first-order chi connectivity index (χ1) is 17.5. The minimum Gasteiger partial charge on any atom is -0.442 e. The average Bonchev–Trinajstić information content (AvgIpc) is 3.45. The van der Waals surface area contributed by atoms with E-state index in [9.17, 15) is 4.79 Å². The molecule has 0 bridgehead atoms. The number of methoxy groups -OCH3 is 1. The number of carbonyl (C=O) groups is 1. The van der Waals surface area contributed by atoms with Gasteiger partial charge >= 0.3 is 0 Å². The molecule has 4 aromatic heterocycles. The Morgan fingerprint density at radius 3 is 2.78 bits per heavy atom. The molecule has 186 valence electrons. The number of anilines is 1. The van der Waals surface area contributed by atoms with Crippen LogP contribution in [0.2, 0.25) is 0 Å². The molecule has 0 saturated carbocycles. The predicted octanol–water partition coefficient (Wildman–Crippen LogP) is 2.63. The number of nitrogens with one attached hydrogen (secondary N) is 1. The van der Waals surface area contributed by atoms with Crippen LogP contribution in [-0.2, 0) is 16.1 Å². The Balaban J connectivity index is 1.29. The van der Waals surface area contributed by atoms with Crippen LogP contribution in [0.5, 0.6) is 5.88 Å². The molecule has 1 amide bonds. The lowest BCUT2D eigenvalue weighted by Gasteiger charge is -2.19. The van der Waals surface area contributed by atoms with Crippen LogP contribution in [0.3, 0.4) is 0 Å². The van der Waals surface area contributed by atoms with Crippen molar-refractivity contribution in [2.24, 2.45) is 0 Å². The SMILES string of the molecule is COC(Oc1cccc(CNC(=O)CCN(C)c2cc(C)nc(-n3ccnc3)n2)n1)c1ccccn1. The lowest BCUT2D eigenvalue weighted by Crippen LogP contribution is -2.29. The van der Waals surface area contributed by atoms with Gasteiger partial charge in [0.05, 0.1) is 12.2 Å². The first-order valence-corrected chi connectivity index (χ1v) is 11.4. The van der Waals surface area contributed by atoms with Crippen LogP contribution in [0.25, 0.3) is 5.95 Å². The smallest absolute Gasteiger partial charge is 0.245 e. The fourth-order valence-corrected chi connectivity index (χ4v) is 3.36. The highest BCUT2D eigenvalue weighted by Crippen LogP contribution is 2.19. The van der Waals surface area contributed by atoms with E-state index in [4.69, 9.17) is 9.47 Å². The molecular formula is C25H28N8O3. The van der Waals surface area contributed by atoms with Crippen LogP contribution in [0.1, 0.15) is 29.8 Å². The summed E-state index contributed by atoms with van der Waals surface area (Å²) >= 11 is 0. The summed E-state index contributed by atoms with van der Waals surface area (Å²) in [7, 11) is 3.44. The Labute approximate surface area is 209 Å². The van der Waals surface area contributed by atoms with Gasteiger partial charge in [0.25, 0.3) is 0 Å². The third-order valence-corrected chi connectivity index (χ3v) is 5.25. The summed E-state index contributed by atoms with van der Waals surface area (Å²) in [6.45, 7) is 2.67. The number of hydrogen-bond donors (Lipinski definition) is 1. The van der Waals surface area contributed by atoms with E-state index in [1.54, 1.807) is 42.7 Å². The zero-order valence-electron chi connectivity index (χ0n) is 20.4. The molecule has 0 spiro atoms. The molecule has 36 heavy (non-hydrogen) atoms. The van der Waals surface area contributed by atoms with E-state index in [0.717, 1.165) is 11.5 Å². The van der Waals surface area contributed by atoms with Gasteiger partial charge in [0, 0.05) is 63.5 Å². The van der Waals surface area contributed by atoms with Crippen LogP contribution >= 0.6 is 0 Å². The van der Waals surface area contributed by atoms with Gasteiger partial charge in [0.15, 0.2) is 0 Å². The van der Waals surface area contributed by atoms with Crippen LogP contribution < -0.4 is 15.0 Å². The molecule has 4 aromatic rings. The van der Waals surface area contributed by atoms with E-state index in [2.05, 4.69) is 30.2 Å². The maximum atomic E-state index is 12.5. The average molecular weight is 489 g/mol. The zero-order valence-corrected chi connectivity index (χ0v) is 20.4. The third-order valence-electron chi connectivity index (χ3n) is 5.25. The van der Waals surface area contributed by atoms with Gasteiger partial charge in [0.1, 0.15) is 17.8 Å². The minimum absolute atomic E-state index is 0.0983. The number of nitrogens with zero attached hydrogens (tertiary/aromatic N) is 7. The van der Waals surface area contributed by atoms with Gasteiger partial charge in [0.2, 0.25) is 24.0 Å². The molecule has 4 rings (SSSR count). The first kappa shape index (κ1) is 24.7. The Hall–Kier alpha value is -4.38. The molecule has 11 heteroatoms. The zero-order chi connectivity index (χ0) is 25.3. The second-order valence-corrected chi connectivity index (χ2v) is 7.99. The van der Waals surface area contributed by atoms with Crippen LogP contribution in [0.15, 0.2) is 67.4 Å². The summed E-state index contributed by atoms with van der Waals surface area (Å²) in [5.41, 5.74) is 2.13. The summed E-state index contributed by atoms with van der Waals surface area (Å²) in [5, 5.41) is 2.90. The van der Waals surface area contributed by atoms with Crippen LogP contribution in [0, 0.1) is 6.92 Å². The van der Waals surface area contributed by atoms with Crippen molar-refractivity contribution in [2.75, 3.05) is 25.6 Å². The van der Waals surface area contributed by atoms with Crippen molar-refractivity contribution in [2.45, 2.75) is 26.2 Å². The van der Waals surface area contributed by atoms with Gasteiger partial charge in [-0.15, -0.1) is 0 Å². The highest BCUT2D eigenvalue weighted by atomic mass is 16.7. The largest absolute Gasteiger partial charge is 0.442 e. The lowest BCUT2D eigenvalue weighted by molar-refractivity contribution is -0.121. The van der Waals surface area contributed by atoms with Crippen LogP contribution in [0.4, 0.5) is 5.82 Å². The van der Waals surface area contributed by atoms with Gasteiger partial charge in [-0.25, -0.2) is 15.0 Å². The molecule has 11 nitrogen and oxygen atoms in total. The normalized spacial score (nSPS) is 11.6. The number of amides is 1. The quantitative estimate of drug-likeness (QED) is 0.318. The summed E-state index contributed by atoms with van der Waals surface area (Å²) in [5.74, 6) is 1.54. The first-order valence-electron chi connectivity index (χ1n) is 11.4.